The van der Waals surface area contributed by atoms with Crippen molar-refractivity contribution in [3.8, 4) is 11.3 Å². The van der Waals surface area contributed by atoms with Gasteiger partial charge in [0.2, 0.25) is 0 Å². The van der Waals surface area contributed by atoms with Gasteiger partial charge >= 0.3 is 0 Å². The molecule has 1 aliphatic rings. The van der Waals surface area contributed by atoms with Gasteiger partial charge in [0.25, 0.3) is 0 Å². The van der Waals surface area contributed by atoms with Crippen LogP contribution in [0, 0.1) is 0 Å². The van der Waals surface area contributed by atoms with Crippen LogP contribution in [0.2, 0.25) is 5.15 Å². The van der Waals surface area contributed by atoms with E-state index in [1.54, 1.807) is 6.20 Å². The molecule has 1 fully saturated rings. The first kappa shape index (κ1) is 13.5. The van der Waals surface area contributed by atoms with Crippen molar-refractivity contribution >= 4 is 11.6 Å². The minimum Gasteiger partial charge on any atom is -0.327 e. The highest BCUT2D eigenvalue weighted by atomic mass is 35.5. The van der Waals surface area contributed by atoms with E-state index in [4.69, 9.17) is 11.6 Å². The van der Waals surface area contributed by atoms with Gasteiger partial charge in [-0.2, -0.15) is 0 Å². The molecule has 0 aromatic carbocycles. The Labute approximate surface area is 133 Å². The number of imidazole rings is 1. The molecule has 0 bridgehead atoms. The third-order valence-electron chi connectivity index (χ3n) is 4.48. The van der Waals surface area contributed by atoms with Crippen molar-refractivity contribution in [2.24, 2.45) is 0 Å². The van der Waals surface area contributed by atoms with E-state index >= 15 is 0 Å². The molecule has 0 N–H and O–H groups in total. The molecule has 1 saturated carbocycles. The molecule has 3 aromatic heterocycles. The van der Waals surface area contributed by atoms with E-state index in [0.717, 1.165) is 24.1 Å². The fraction of sp³-hybridized carbons (Fsp3) is 0.235. The summed E-state index contributed by atoms with van der Waals surface area (Å²) in [5, 5.41) is 0.528. The summed E-state index contributed by atoms with van der Waals surface area (Å²) in [7, 11) is 0. The molecule has 0 saturated heterocycles. The second kappa shape index (κ2) is 5.21. The van der Waals surface area contributed by atoms with Gasteiger partial charge in [-0.15, -0.1) is 0 Å². The van der Waals surface area contributed by atoms with Crippen LogP contribution in [0.15, 0.2) is 55.4 Å². The third-order valence-corrected chi connectivity index (χ3v) is 4.70. The van der Waals surface area contributed by atoms with Crippen molar-refractivity contribution in [1.82, 2.24) is 19.5 Å². The summed E-state index contributed by atoms with van der Waals surface area (Å²) in [6.45, 7) is 0. The fourth-order valence-corrected chi connectivity index (χ4v) is 3.19. The molecule has 3 heterocycles. The maximum Gasteiger partial charge on any atom is 0.129 e. The Morgan fingerprint density at radius 2 is 2.00 bits per heavy atom. The molecule has 5 heteroatoms. The largest absolute Gasteiger partial charge is 0.327 e. The number of nitrogens with zero attached hydrogens (tertiary/aromatic N) is 4. The number of rotatable bonds is 3. The molecule has 0 amide bonds. The maximum atomic E-state index is 5.92. The van der Waals surface area contributed by atoms with Crippen molar-refractivity contribution in [1.29, 1.82) is 0 Å². The predicted molar refractivity (Wildman–Crippen MR) is 85.6 cm³/mol. The topological polar surface area (TPSA) is 43.6 Å². The maximum absolute atomic E-state index is 5.92. The van der Waals surface area contributed by atoms with Gasteiger partial charge in [0.05, 0.1) is 17.6 Å². The summed E-state index contributed by atoms with van der Waals surface area (Å²) in [4.78, 5) is 13.0. The molecular weight excluding hydrogens is 296 g/mol. The highest BCUT2D eigenvalue weighted by molar-refractivity contribution is 6.29. The zero-order valence-electron chi connectivity index (χ0n) is 12.0. The minimum atomic E-state index is -0.0367. The van der Waals surface area contributed by atoms with Crippen molar-refractivity contribution in [3.63, 3.8) is 0 Å². The first-order chi connectivity index (χ1) is 10.8. The molecule has 0 radical (unpaired) electrons. The molecule has 3 aromatic rings. The molecule has 4 rings (SSSR count). The van der Waals surface area contributed by atoms with Crippen LogP contribution >= 0.6 is 11.6 Å². The van der Waals surface area contributed by atoms with Crippen LogP contribution in [-0.4, -0.2) is 19.5 Å². The quantitative estimate of drug-likeness (QED) is 0.689. The average molecular weight is 311 g/mol. The molecule has 0 atom stereocenters. The van der Waals surface area contributed by atoms with Crippen LogP contribution in [0.1, 0.15) is 24.8 Å². The standard InChI is InChI=1S/C17H15ClN4/c18-16-5-4-14(10-20-16)17(6-2-7-17)22-11-15(21-12-22)13-3-1-8-19-9-13/h1,3-5,8-12H,2,6-7H2. The first-order valence-corrected chi connectivity index (χ1v) is 7.73. The molecule has 0 spiro atoms. The van der Waals surface area contributed by atoms with E-state index < -0.39 is 0 Å². The van der Waals surface area contributed by atoms with Crippen LogP contribution in [0.5, 0.6) is 0 Å². The first-order valence-electron chi connectivity index (χ1n) is 7.35. The van der Waals surface area contributed by atoms with Gasteiger partial charge in [0, 0.05) is 30.4 Å². The average Bonchev–Trinajstić information content (AvgIpc) is 2.99. The summed E-state index contributed by atoms with van der Waals surface area (Å²) < 4.78 is 2.21. The normalized spacial score (nSPS) is 16.2. The predicted octanol–water partition coefficient (Wildman–Crippen LogP) is 3.92. The van der Waals surface area contributed by atoms with Crippen LogP contribution in [0.3, 0.4) is 0 Å². The molecule has 4 nitrogen and oxygen atoms in total. The lowest BCUT2D eigenvalue weighted by Crippen LogP contribution is -2.41. The smallest absolute Gasteiger partial charge is 0.129 e. The van der Waals surface area contributed by atoms with Gasteiger partial charge in [-0.1, -0.05) is 17.7 Å². The van der Waals surface area contributed by atoms with Gasteiger partial charge in [-0.05, 0) is 43.0 Å². The summed E-state index contributed by atoms with van der Waals surface area (Å²) >= 11 is 5.92. The van der Waals surface area contributed by atoms with Crippen molar-refractivity contribution in [3.05, 3.63) is 66.1 Å². The zero-order chi connectivity index (χ0) is 15.0. The van der Waals surface area contributed by atoms with E-state index in [1.807, 2.05) is 36.9 Å². The van der Waals surface area contributed by atoms with E-state index in [0.29, 0.717) is 5.15 Å². The van der Waals surface area contributed by atoms with Crippen LogP contribution in [-0.2, 0) is 5.54 Å². The summed E-state index contributed by atoms with van der Waals surface area (Å²) in [5.74, 6) is 0. The van der Waals surface area contributed by atoms with Gasteiger partial charge in [-0.3, -0.25) is 4.98 Å². The molecular formula is C17H15ClN4. The van der Waals surface area contributed by atoms with Crippen molar-refractivity contribution < 1.29 is 0 Å². The third kappa shape index (κ3) is 2.11. The SMILES string of the molecule is Clc1ccc(C2(n3cnc(-c4cccnc4)c3)CCC2)cn1. The lowest BCUT2D eigenvalue weighted by molar-refractivity contribution is 0.196. The number of pyridine rings is 2. The highest BCUT2D eigenvalue weighted by Gasteiger charge is 2.40. The summed E-state index contributed by atoms with van der Waals surface area (Å²) in [5.41, 5.74) is 3.13. The Morgan fingerprint density at radius 1 is 1.09 bits per heavy atom. The number of hydrogen-bond acceptors (Lipinski definition) is 3. The highest BCUT2D eigenvalue weighted by Crippen LogP contribution is 2.45. The van der Waals surface area contributed by atoms with Gasteiger partial charge in [0.15, 0.2) is 0 Å². The lowest BCUT2D eigenvalue weighted by atomic mass is 9.72. The lowest BCUT2D eigenvalue weighted by Gasteiger charge is -2.43. The fourth-order valence-electron chi connectivity index (χ4n) is 3.08. The minimum absolute atomic E-state index is 0.0367. The molecule has 110 valence electrons. The summed E-state index contributed by atoms with van der Waals surface area (Å²) in [6.07, 6.45) is 12.9. The molecule has 22 heavy (non-hydrogen) atoms. The van der Waals surface area contributed by atoms with E-state index in [2.05, 4.69) is 31.8 Å². The van der Waals surface area contributed by atoms with Crippen LogP contribution in [0.4, 0.5) is 0 Å². The zero-order valence-corrected chi connectivity index (χ0v) is 12.7. The van der Waals surface area contributed by atoms with Gasteiger partial charge in [0.1, 0.15) is 5.15 Å². The van der Waals surface area contributed by atoms with Crippen molar-refractivity contribution in [2.75, 3.05) is 0 Å². The Balaban J connectivity index is 1.74. The molecule has 1 aliphatic carbocycles. The second-order valence-corrected chi connectivity index (χ2v) is 6.05. The van der Waals surface area contributed by atoms with E-state index in [1.165, 1.54) is 12.0 Å². The Hall–Kier alpha value is -2.20. The number of halogens is 1. The van der Waals surface area contributed by atoms with E-state index in [-0.39, 0.29) is 5.54 Å². The second-order valence-electron chi connectivity index (χ2n) is 5.66. The van der Waals surface area contributed by atoms with Crippen LogP contribution in [0.25, 0.3) is 11.3 Å². The number of aromatic nitrogens is 4. The van der Waals surface area contributed by atoms with E-state index in [9.17, 15) is 0 Å². The summed E-state index contributed by atoms with van der Waals surface area (Å²) in [6, 6.07) is 7.88. The molecule has 0 aliphatic heterocycles. The Morgan fingerprint density at radius 3 is 2.64 bits per heavy atom. The monoisotopic (exact) mass is 310 g/mol. The molecule has 0 unspecified atom stereocenters. The Bertz CT molecular complexity index is 776. The van der Waals surface area contributed by atoms with Crippen molar-refractivity contribution in [2.45, 2.75) is 24.8 Å². The Kier molecular flexibility index (Phi) is 3.19. The van der Waals surface area contributed by atoms with Gasteiger partial charge in [-0.25, -0.2) is 9.97 Å². The van der Waals surface area contributed by atoms with Gasteiger partial charge < -0.3 is 4.57 Å². The number of hydrogen-bond donors (Lipinski definition) is 0. The van der Waals surface area contributed by atoms with Crippen LogP contribution < -0.4 is 0 Å².